The van der Waals surface area contributed by atoms with E-state index in [1.165, 1.54) is 12.1 Å². The molecule has 0 aliphatic carbocycles. The van der Waals surface area contributed by atoms with E-state index in [1.54, 1.807) is 42.6 Å². The normalized spacial score (nSPS) is 10.2. The Bertz CT molecular complexity index is 685. The Morgan fingerprint density at radius 3 is 2.65 bits per heavy atom. The summed E-state index contributed by atoms with van der Waals surface area (Å²) in [6.45, 7) is 0. The maximum absolute atomic E-state index is 10.8. The van der Waals surface area contributed by atoms with Crippen LogP contribution in [0.5, 0.6) is 0 Å². The first kappa shape index (κ1) is 13.3. The zero-order chi connectivity index (χ0) is 14.4. The van der Waals surface area contributed by atoms with E-state index in [2.05, 4.69) is 10.5 Å². The number of anilines is 1. The van der Waals surface area contributed by atoms with Crippen LogP contribution in [0, 0.1) is 11.3 Å². The number of hydrogen-bond donors (Lipinski definition) is 2. The fourth-order valence-corrected chi connectivity index (χ4v) is 1.55. The van der Waals surface area contributed by atoms with Gasteiger partial charge in [0.2, 0.25) is 0 Å². The van der Waals surface area contributed by atoms with Crippen molar-refractivity contribution in [3.05, 3.63) is 65.2 Å². The topological polar surface area (TPSA) is 85.5 Å². The number of nitriles is 1. The summed E-state index contributed by atoms with van der Waals surface area (Å²) in [4.78, 5) is 10.8. The van der Waals surface area contributed by atoms with E-state index in [-0.39, 0.29) is 5.56 Å². The van der Waals surface area contributed by atoms with E-state index >= 15 is 0 Å². The predicted molar refractivity (Wildman–Crippen MR) is 75.8 cm³/mol. The van der Waals surface area contributed by atoms with E-state index in [4.69, 9.17) is 10.4 Å². The molecule has 20 heavy (non-hydrogen) atoms. The van der Waals surface area contributed by atoms with Crippen LogP contribution in [0.3, 0.4) is 0 Å². The van der Waals surface area contributed by atoms with Gasteiger partial charge in [0.15, 0.2) is 0 Å². The molecule has 0 atom stereocenters. The lowest BCUT2D eigenvalue weighted by Crippen LogP contribution is -1.97. The Morgan fingerprint density at radius 1 is 1.25 bits per heavy atom. The highest BCUT2D eigenvalue weighted by molar-refractivity contribution is 5.88. The van der Waals surface area contributed by atoms with Gasteiger partial charge in [-0.15, -0.1) is 0 Å². The molecule has 2 aromatic carbocycles. The van der Waals surface area contributed by atoms with Crippen LogP contribution < -0.4 is 5.43 Å². The van der Waals surface area contributed by atoms with Crippen molar-refractivity contribution in [1.29, 1.82) is 5.26 Å². The quantitative estimate of drug-likeness (QED) is 0.657. The van der Waals surface area contributed by atoms with E-state index in [0.717, 1.165) is 5.56 Å². The Labute approximate surface area is 115 Å². The molecule has 0 radical (unpaired) electrons. The average Bonchev–Trinajstić information content (AvgIpc) is 2.48. The monoisotopic (exact) mass is 265 g/mol. The Balaban J connectivity index is 2.04. The van der Waals surface area contributed by atoms with E-state index in [1.807, 2.05) is 6.07 Å². The van der Waals surface area contributed by atoms with Gasteiger partial charge in [0.05, 0.1) is 29.1 Å². The third-order valence-corrected chi connectivity index (χ3v) is 2.56. The van der Waals surface area contributed by atoms with Gasteiger partial charge in [0, 0.05) is 0 Å². The second-order valence-electron chi connectivity index (χ2n) is 3.99. The second-order valence-corrected chi connectivity index (χ2v) is 3.99. The molecular formula is C15H11N3O2. The second kappa shape index (κ2) is 6.16. The Hall–Kier alpha value is -3.13. The summed E-state index contributed by atoms with van der Waals surface area (Å²) in [7, 11) is 0. The lowest BCUT2D eigenvalue weighted by Gasteiger charge is -2.01. The fourth-order valence-electron chi connectivity index (χ4n) is 1.55. The van der Waals surface area contributed by atoms with Crippen LogP contribution in [-0.2, 0) is 0 Å². The molecule has 0 fully saturated rings. The Morgan fingerprint density at radius 2 is 2.00 bits per heavy atom. The van der Waals surface area contributed by atoms with Crippen molar-refractivity contribution < 1.29 is 9.90 Å². The van der Waals surface area contributed by atoms with E-state index in [9.17, 15) is 4.79 Å². The molecular weight excluding hydrogens is 254 g/mol. The molecule has 0 aliphatic heterocycles. The molecule has 0 aliphatic rings. The van der Waals surface area contributed by atoms with Crippen molar-refractivity contribution in [2.24, 2.45) is 5.10 Å². The maximum Gasteiger partial charge on any atom is 0.335 e. The summed E-state index contributed by atoms with van der Waals surface area (Å²) in [5.41, 5.74) is 4.97. The summed E-state index contributed by atoms with van der Waals surface area (Å²) in [6.07, 6.45) is 1.59. The van der Waals surface area contributed by atoms with Crippen molar-refractivity contribution >= 4 is 17.9 Å². The number of carboxylic acid groups (broad SMARTS) is 1. The number of hydrogen-bond acceptors (Lipinski definition) is 4. The smallest absolute Gasteiger partial charge is 0.335 e. The molecule has 5 nitrogen and oxygen atoms in total. The summed E-state index contributed by atoms with van der Waals surface area (Å²) in [6, 6.07) is 15.4. The van der Waals surface area contributed by atoms with E-state index < -0.39 is 5.97 Å². The Kier molecular flexibility index (Phi) is 4.10. The molecule has 2 aromatic rings. The molecule has 0 aromatic heterocycles. The minimum Gasteiger partial charge on any atom is -0.478 e. The molecule has 0 bridgehead atoms. The van der Waals surface area contributed by atoms with Gasteiger partial charge in [-0.05, 0) is 35.9 Å². The molecule has 2 rings (SSSR count). The predicted octanol–water partition coefficient (Wildman–Crippen LogP) is 2.70. The largest absolute Gasteiger partial charge is 0.478 e. The first-order valence-corrected chi connectivity index (χ1v) is 5.81. The third kappa shape index (κ3) is 3.43. The van der Waals surface area contributed by atoms with Gasteiger partial charge in [-0.1, -0.05) is 18.2 Å². The van der Waals surface area contributed by atoms with Crippen molar-refractivity contribution in [2.45, 2.75) is 0 Å². The van der Waals surface area contributed by atoms with Gasteiger partial charge in [-0.25, -0.2) is 4.79 Å². The SMILES string of the molecule is N#Cc1ccc(C=NNc2cccc(C(=O)O)c2)cc1. The highest BCUT2D eigenvalue weighted by Crippen LogP contribution is 2.10. The molecule has 98 valence electrons. The van der Waals surface area contributed by atoms with Gasteiger partial charge in [0.1, 0.15) is 0 Å². The lowest BCUT2D eigenvalue weighted by atomic mass is 10.2. The third-order valence-electron chi connectivity index (χ3n) is 2.56. The van der Waals surface area contributed by atoms with Gasteiger partial charge < -0.3 is 5.11 Å². The molecule has 0 spiro atoms. The molecule has 5 heteroatoms. The van der Waals surface area contributed by atoms with Gasteiger partial charge >= 0.3 is 5.97 Å². The summed E-state index contributed by atoms with van der Waals surface area (Å²) < 4.78 is 0. The van der Waals surface area contributed by atoms with Crippen LogP contribution in [0.1, 0.15) is 21.5 Å². The zero-order valence-corrected chi connectivity index (χ0v) is 10.4. The summed E-state index contributed by atoms with van der Waals surface area (Å²) >= 11 is 0. The number of carboxylic acids is 1. The molecule has 0 amide bonds. The van der Waals surface area contributed by atoms with Crippen molar-refractivity contribution in [3.8, 4) is 6.07 Å². The number of carbonyl (C=O) groups is 1. The first-order chi connectivity index (χ1) is 9.69. The number of hydrazone groups is 1. The van der Waals surface area contributed by atoms with Gasteiger partial charge in [-0.3, -0.25) is 5.43 Å². The number of nitrogens with one attached hydrogen (secondary N) is 1. The fraction of sp³-hybridized carbons (Fsp3) is 0. The van der Waals surface area contributed by atoms with Gasteiger partial charge in [0.25, 0.3) is 0 Å². The molecule has 0 unspecified atom stereocenters. The van der Waals surface area contributed by atoms with Crippen LogP contribution in [0.15, 0.2) is 53.6 Å². The van der Waals surface area contributed by atoms with Crippen LogP contribution in [0.25, 0.3) is 0 Å². The lowest BCUT2D eigenvalue weighted by molar-refractivity contribution is 0.0697. The maximum atomic E-state index is 10.8. The average molecular weight is 265 g/mol. The minimum absolute atomic E-state index is 0.198. The molecule has 0 heterocycles. The van der Waals surface area contributed by atoms with Crippen LogP contribution >= 0.6 is 0 Å². The number of nitrogens with zero attached hydrogens (tertiary/aromatic N) is 2. The first-order valence-electron chi connectivity index (χ1n) is 5.81. The minimum atomic E-state index is -0.982. The highest BCUT2D eigenvalue weighted by atomic mass is 16.4. The number of benzene rings is 2. The molecule has 0 saturated heterocycles. The van der Waals surface area contributed by atoms with Crippen LogP contribution in [0.4, 0.5) is 5.69 Å². The number of aromatic carboxylic acids is 1. The van der Waals surface area contributed by atoms with Gasteiger partial charge in [-0.2, -0.15) is 10.4 Å². The molecule has 0 saturated carbocycles. The van der Waals surface area contributed by atoms with Crippen LogP contribution in [0.2, 0.25) is 0 Å². The highest BCUT2D eigenvalue weighted by Gasteiger charge is 2.01. The number of rotatable bonds is 4. The van der Waals surface area contributed by atoms with Crippen molar-refractivity contribution in [3.63, 3.8) is 0 Å². The van der Waals surface area contributed by atoms with Crippen molar-refractivity contribution in [1.82, 2.24) is 0 Å². The van der Waals surface area contributed by atoms with Crippen LogP contribution in [-0.4, -0.2) is 17.3 Å². The molecule has 2 N–H and O–H groups in total. The summed E-state index contributed by atoms with van der Waals surface area (Å²) in [5.74, 6) is -0.982. The standard InChI is InChI=1S/C15H11N3O2/c16-9-11-4-6-12(7-5-11)10-17-18-14-3-1-2-13(8-14)15(19)20/h1-8,10,18H,(H,19,20). The van der Waals surface area contributed by atoms with E-state index in [0.29, 0.717) is 11.3 Å². The summed E-state index contributed by atoms with van der Waals surface area (Å²) in [5, 5.41) is 21.6. The van der Waals surface area contributed by atoms with Crippen molar-refractivity contribution in [2.75, 3.05) is 5.43 Å². The zero-order valence-electron chi connectivity index (χ0n) is 10.4.